The van der Waals surface area contributed by atoms with Crippen LogP contribution < -0.4 is 10.2 Å². The highest BCUT2D eigenvalue weighted by atomic mass is 35.5. The van der Waals surface area contributed by atoms with Crippen molar-refractivity contribution in [3.63, 3.8) is 0 Å². The van der Waals surface area contributed by atoms with Crippen molar-refractivity contribution in [1.29, 1.82) is 0 Å². The average Bonchev–Trinajstić information content (AvgIpc) is 2.47. The third-order valence-corrected chi connectivity index (χ3v) is 5.41. The molecule has 2 fully saturated rings. The molecule has 20 heavy (non-hydrogen) atoms. The number of rotatable bonds is 0. The highest BCUT2D eigenvalue weighted by molar-refractivity contribution is 6.31. The van der Waals surface area contributed by atoms with Crippen molar-refractivity contribution in [2.45, 2.75) is 50.6 Å². The minimum absolute atomic E-state index is 0.000293. The molecule has 3 nitrogen and oxygen atoms in total. The van der Waals surface area contributed by atoms with Crippen molar-refractivity contribution in [3.05, 3.63) is 23.2 Å². The van der Waals surface area contributed by atoms with Gasteiger partial charge >= 0.3 is 0 Å². The molecule has 3 aliphatic rings. The summed E-state index contributed by atoms with van der Waals surface area (Å²) < 4.78 is 0. The van der Waals surface area contributed by atoms with E-state index in [0.717, 1.165) is 28.7 Å². The molecule has 1 N–H and O–H groups in total. The minimum Gasteiger partial charge on any atom is -0.355 e. The lowest BCUT2D eigenvalue weighted by Gasteiger charge is -2.51. The van der Waals surface area contributed by atoms with E-state index in [1.165, 1.54) is 32.1 Å². The zero-order valence-corrected chi connectivity index (χ0v) is 12.2. The van der Waals surface area contributed by atoms with Crippen LogP contribution in [0.1, 0.15) is 38.5 Å². The van der Waals surface area contributed by atoms with Crippen molar-refractivity contribution in [2.75, 3.05) is 10.2 Å². The number of hydrogen-bond donors (Lipinski definition) is 1. The smallest absolute Gasteiger partial charge is 0.247 e. The molecule has 1 aromatic rings. The molecule has 0 bridgehead atoms. The number of halogens is 1. The Morgan fingerprint density at radius 1 is 1.15 bits per heavy atom. The van der Waals surface area contributed by atoms with Crippen LogP contribution in [0.2, 0.25) is 5.02 Å². The summed E-state index contributed by atoms with van der Waals surface area (Å²) in [5.41, 5.74) is 2.04. The van der Waals surface area contributed by atoms with Crippen LogP contribution in [0.15, 0.2) is 18.2 Å². The number of fused-ring (bicyclic) bond motifs is 5. The van der Waals surface area contributed by atoms with E-state index in [9.17, 15) is 4.79 Å². The van der Waals surface area contributed by atoms with Crippen LogP contribution in [0.5, 0.6) is 0 Å². The van der Waals surface area contributed by atoms with E-state index in [1.54, 1.807) is 0 Å². The monoisotopic (exact) mass is 290 g/mol. The fourth-order valence-electron chi connectivity index (χ4n) is 4.28. The van der Waals surface area contributed by atoms with Gasteiger partial charge in [-0.3, -0.25) is 4.79 Å². The molecule has 2 heterocycles. The Hall–Kier alpha value is -1.22. The first kappa shape index (κ1) is 12.5. The number of benzene rings is 1. The summed E-state index contributed by atoms with van der Waals surface area (Å²) in [4.78, 5) is 14.7. The van der Waals surface area contributed by atoms with Gasteiger partial charge in [0.15, 0.2) is 0 Å². The molecular weight excluding hydrogens is 272 g/mol. The lowest BCUT2D eigenvalue weighted by Crippen LogP contribution is -2.58. The molecule has 3 atom stereocenters. The lowest BCUT2D eigenvalue weighted by atomic mass is 9.75. The van der Waals surface area contributed by atoms with Crippen LogP contribution in [-0.4, -0.2) is 18.0 Å². The second-order valence-corrected chi connectivity index (χ2v) is 6.70. The van der Waals surface area contributed by atoms with E-state index in [1.807, 2.05) is 18.2 Å². The predicted molar refractivity (Wildman–Crippen MR) is 81.3 cm³/mol. The summed E-state index contributed by atoms with van der Waals surface area (Å²) in [6.07, 6.45) is 7.30. The summed E-state index contributed by atoms with van der Waals surface area (Å²) in [6, 6.07) is 6.31. The highest BCUT2D eigenvalue weighted by Gasteiger charge is 2.44. The fourth-order valence-corrected chi connectivity index (χ4v) is 4.44. The first-order chi connectivity index (χ1) is 9.74. The Morgan fingerprint density at radius 2 is 2.00 bits per heavy atom. The third kappa shape index (κ3) is 1.83. The van der Waals surface area contributed by atoms with E-state index in [-0.39, 0.29) is 11.9 Å². The normalized spacial score (nSPS) is 31.9. The van der Waals surface area contributed by atoms with E-state index in [4.69, 9.17) is 11.6 Å². The molecule has 1 aromatic carbocycles. The lowest BCUT2D eigenvalue weighted by molar-refractivity contribution is -0.118. The van der Waals surface area contributed by atoms with Gasteiger partial charge < -0.3 is 10.2 Å². The molecule has 4 rings (SSSR count). The zero-order chi connectivity index (χ0) is 13.7. The fraction of sp³-hybridized carbons (Fsp3) is 0.562. The summed E-state index contributed by atoms with van der Waals surface area (Å²) in [5.74, 6) is 0.904. The van der Waals surface area contributed by atoms with E-state index < -0.39 is 0 Å². The quantitative estimate of drug-likeness (QED) is 0.788. The van der Waals surface area contributed by atoms with Gasteiger partial charge in [-0.2, -0.15) is 0 Å². The molecule has 4 heteroatoms. The maximum absolute atomic E-state index is 12.4. The van der Waals surface area contributed by atoms with Crippen molar-refractivity contribution >= 4 is 28.9 Å². The van der Waals surface area contributed by atoms with Crippen LogP contribution in [0.3, 0.4) is 0 Å². The number of nitrogens with zero attached hydrogens (tertiary/aromatic N) is 1. The highest BCUT2D eigenvalue weighted by Crippen LogP contribution is 2.45. The van der Waals surface area contributed by atoms with E-state index >= 15 is 0 Å². The standard InChI is InChI=1S/C16H19ClN2O/c17-11-6-7-12-15(9-11)19-13-4-2-1-3-10(13)5-8-14(19)16(20)18-12/h6-7,9-10,13-14H,1-5,8H2,(H,18,20). The predicted octanol–water partition coefficient (Wildman–Crippen LogP) is 3.82. The van der Waals surface area contributed by atoms with Crippen molar-refractivity contribution in [2.24, 2.45) is 5.92 Å². The van der Waals surface area contributed by atoms with Gasteiger partial charge in [0.05, 0.1) is 11.4 Å². The van der Waals surface area contributed by atoms with Gasteiger partial charge in [-0.05, 0) is 49.8 Å². The molecule has 1 saturated carbocycles. The Bertz CT molecular complexity index is 559. The van der Waals surface area contributed by atoms with Crippen molar-refractivity contribution in [3.8, 4) is 0 Å². The van der Waals surface area contributed by atoms with Crippen LogP contribution in [-0.2, 0) is 4.79 Å². The number of amides is 1. The molecule has 1 amide bonds. The van der Waals surface area contributed by atoms with E-state index in [2.05, 4.69) is 10.2 Å². The molecule has 0 aromatic heterocycles. The molecule has 0 radical (unpaired) electrons. The molecule has 106 valence electrons. The second kappa shape index (κ2) is 4.66. The topological polar surface area (TPSA) is 32.3 Å². The van der Waals surface area contributed by atoms with Gasteiger partial charge in [0.2, 0.25) is 5.91 Å². The SMILES string of the molecule is O=C1Nc2ccc(Cl)cc2N2C1CCC1CCCCC12. The average molecular weight is 291 g/mol. The summed E-state index contributed by atoms with van der Waals surface area (Å²) in [6.45, 7) is 0. The van der Waals surface area contributed by atoms with Crippen molar-refractivity contribution in [1.82, 2.24) is 0 Å². The number of hydrogen-bond acceptors (Lipinski definition) is 2. The third-order valence-electron chi connectivity index (χ3n) is 5.17. The maximum Gasteiger partial charge on any atom is 0.247 e. The Morgan fingerprint density at radius 3 is 2.90 bits per heavy atom. The van der Waals surface area contributed by atoms with Crippen LogP contribution in [0, 0.1) is 5.92 Å². The van der Waals surface area contributed by atoms with Crippen LogP contribution in [0.25, 0.3) is 0 Å². The van der Waals surface area contributed by atoms with Crippen LogP contribution >= 0.6 is 11.6 Å². The molecular formula is C16H19ClN2O. The van der Waals surface area contributed by atoms with Crippen LogP contribution in [0.4, 0.5) is 11.4 Å². The summed E-state index contributed by atoms with van der Waals surface area (Å²) >= 11 is 6.18. The Kier molecular flexibility index (Phi) is 2.92. The number of carbonyl (C=O) groups excluding carboxylic acids is 1. The van der Waals surface area contributed by atoms with Gasteiger partial charge in [-0.1, -0.05) is 24.4 Å². The van der Waals surface area contributed by atoms with Gasteiger partial charge in [-0.15, -0.1) is 0 Å². The minimum atomic E-state index is 0.000293. The molecule has 0 spiro atoms. The zero-order valence-electron chi connectivity index (χ0n) is 11.4. The first-order valence-corrected chi connectivity index (χ1v) is 8.00. The van der Waals surface area contributed by atoms with Gasteiger partial charge in [0.1, 0.15) is 6.04 Å². The number of anilines is 2. The maximum atomic E-state index is 12.4. The largest absolute Gasteiger partial charge is 0.355 e. The molecule has 3 unspecified atom stereocenters. The molecule has 1 aliphatic carbocycles. The Labute approximate surface area is 124 Å². The molecule has 2 aliphatic heterocycles. The van der Waals surface area contributed by atoms with Gasteiger partial charge in [-0.25, -0.2) is 0 Å². The first-order valence-electron chi connectivity index (χ1n) is 7.63. The number of nitrogens with one attached hydrogen (secondary N) is 1. The number of carbonyl (C=O) groups is 1. The van der Waals surface area contributed by atoms with Gasteiger partial charge in [0, 0.05) is 11.1 Å². The summed E-state index contributed by atoms with van der Waals surface area (Å²) in [5, 5.41) is 3.79. The molecule has 1 saturated heterocycles. The van der Waals surface area contributed by atoms with Gasteiger partial charge in [0.25, 0.3) is 0 Å². The number of piperidine rings is 1. The van der Waals surface area contributed by atoms with Crippen molar-refractivity contribution < 1.29 is 4.79 Å². The van der Waals surface area contributed by atoms with E-state index in [0.29, 0.717) is 6.04 Å². The summed E-state index contributed by atoms with van der Waals surface area (Å²) in [7, 11) is 0. The second-order valence-electron chi connectivity index (χ2n) is 6.26. The Balaban J connectivity index is 1.80.